The zero-order valence-corrected chi connectivity index (χ0v) is 14.1. The Labute approximate surface area is 147 Å². The van der Waals surface area contributed by atoms with Gasteiger partial charge in [-0.2, -0.15) is 0 Å². The molecule has 0 atom stereocenters. The summed E-state index contributed by atoms with van der Waals surface area (Å²) >= 11 is 0. The van der Waals surface area contributed by atoms with E-state index < -0.39 is 30.2 Å². The van der Waals surface area contributed by atoms with E-state index in [4.69, 9.17) is 14.0 Å². The quantitative estimate of drug-likeness (QED) is 0.543. The molecule has 0 radical (unpaired) electrons. The molecule has 0 bridgehead atoms. The van der Waals surface area contributed by atoms with E-state index in [1.807, 2.05) is 0 Å². The van der Waals surface area contributed by atoms with Crippen LogP contribution in [0, 0.1) is 0 Å². The molecule has 0 unspecified atom stereocenters. The summed E-state index contributed by atoms with van der Waals surface area (Å²) in [6.45, 7) is -2.62. The average Bonchev–Trinajstić information content (AvgIpc) is 2.97. The topological polar surface area (TPSA) is 112 Å². The third-order valence-electron chi connectivity index (χ3n) is 5.06. The number of carbonyl (C=O) groups is 3. The Balaban J connectivity index is 1.94. The predicted octanol–water partition coefficient (Wildman–Crippen LogP) is -0.979. The van der Waals surface area contributed by atoms with Crippen LogP contribution in [0.3, 0.4) is 0 Å². The summed E-state index contributed by atoms with van der Waals surface area (Å²) in [5.74, 6) is -1.56. The number of aromatic amines is 1. The van der Waals surface area contributed by atoms with E-state index in [0.29, 0.717) is 10.8 Å². The van der Waals surface area contributed by atoms with Gasteiger partial charge in [-0.15, -0.1) is 0 Å². The van der Waals surface area contributed by atoms with Gasteiger partial charge in [0, 0.05) is 18.0 Å². The predicted molar refractivity (Wildman–Crippen MR) is 89.4 cm³/mol. The van der Waals surface area contributed by atoms with Crippen molar-refractivity contribution >= 4 is 41.0 Å². The number of carbonyl (C=O) groups excluding carboxylic acids is 3. The number of nitrogens with zero attached hydrogens (tertiary/aromatic N) is 1. The van der Waals surface area contributed by atoms with Crippen molar-refractivity contribution in [1.29, 1.82) is 0 Å². The molecule has 0 aliphatic carbocycles. The van der Waals surface area contributed by atoms with E-state index >= 15 is 0 Å². The van der Waals surface area contributed by atoms with Crippen LogP contribution in [-0.4, -0.2) is 61.2 Å². The first-order chi connectivity index (χ1) is 12.3. The summed E-state index contributed by atoms with van der Waals surface area (Å²) in [7, 11) is 2.93. The number of pyridine rings is 1. The van der Waals surface area contributed by atoms with Gasteiger partial charge in [0.25, 0.3) is 5.56 Å². The highest BCUT2D eigenvalue weighted by Gasteiger charge is 2.67. The molecule has 2 aliphatic rings. The van der Waals surface area contributed by atoms with Crippen LogP contribution in [0.5, 0.6) is 0 Å². The summed E-state index contributed by atoms with van der Waals surface area (Å²) in [5.41, 5.74) is 0.0250. The molecule has 2 saturated heterocycles. The molecule has 10 heteroatoms. The first kappa shape index (κ1) is 16.3. The normalized spacial score (nSPS) is 27.2. The monoisotopic (exact) mass is 358 g/mol. The zero-order chi connectivity index (χ0) is 18.7. The van der Waals surface area contributed by atoms with Gasteiger partial charge in [-0.3, -0.25) is 14.4 Å². The number of methoxy groups -OCH3 is 1. The maximum atomic E-state index is 12.5. The summed E-state index contributed by atoms with van der Waals surface area (Å²) in [4.78, 5) is 50.8. The van der Waals surface area contributed by atoms with Crippen LogP contribution in [0.15, 0.2) is 29.1 Å². The molecule has 3 heterocycles. The van der Waals surface area contributed by atoms with Crippen LogP contribution in [-0.2, 0) is 23.6 Å². The second kappa shape index (κ2) is 5.18. The van der Waals surface area contributed by atoms with Gasteiger partial charge >= 0.3 is 24.6 Å². The lowest BCUT2D eigenvalue weighted by molar-refractivity contribution is -0.791. The van der Waals surface area contributed by atoms with Crippen molar-refractivity contribution < 1.29 is 32.8 Å². The Morgan fingerprint density at radius 1 is 1.15 bits per heavy atom. The number of hydrogen-bond acceptors (Lipinski definition) is 7. The molecule has 9 nitrogen and oxygen atoms in total. The molecule has 0 amide bonds. The molecule has 4 rings (SSSR count). The van der Waals surface area contributed by atoms with Gasteiger partial charge in [0.1, 0.15) is 13.1 Å². The maximum Gasteiger partial charge on any atom is 0.630 e. The van der Waals surface area contributed by atoms with Crippen molar-refractivity contribution in [2.24, 2.45) is 0 Å². The summed E-state index contributed by atoms with van der Waals surface area (Å²) in [5, 5.41) is 0.789. The van der Waals surface area contributed by atoms with E-state index in [1.165, 1.54) is 25.3 Å². The molecule has 26 heavy (non-hydrogen) atoms. The molecule has 1 N–H and O–H groups in total. The SMILES string of the molecule is COC(=O)c1ccc2c(=O)[nH]c([B-]34OC(=O)C[N+]3(C)CC(=O)O4)cc2c1. The first-order valence-electron chi connectivity index (χ1n) is 7.96. The van der Waals surface area contributed by atoms with Gasteiger partial charge in [-0.1, -0.05) is 6.07 Å². The average molecular weight is 358 g/mol. The van der Waals surface area contributed by atoms with E-state index in [0.717, 1.165) is 0 Å². The fourth-order valence-electron chi connectivity index (χ4n) is 3.79. The molecule has 1 aromatic carbocycles. The highest BCUT2D eigenvalue weighted by Crippen LogP contribution is 2.33. The van der Waals surface area contributed by atoms with Gasteiger partial charge in [0.05, 0.1) is 12.7 Å². The number of rotatable bonds is 2. The lowest BCUT2D eigenvalue weighted by Crippen LogP contribution is -2.68. The molecule has 1 aromatic heterocycles. The van der Waals surface area contributed by atoms with Gasteiger partial charge in [-0.25, -0.2) is 4.79 Å². The largest absolute Gasteiger partial charge is 0.630 e. The molecule has 0 saturated carbocycles. The minimum Gasteiger partial charge on any atom is -0.595 e. The lowest BCUT2D eigenvalue weighted by Gasteiger charge is -2.39. The van der Waals surface area contributed by atoms with Crippen LogP contribution < -0.4 is 11.2 Å². The molecule has 134 valence electrons. The van der Waals surface area contributed by atoms with Gasteiger partial charge in [0.15, 0.2) is 0 Å². The fourth-order valence-corrected chi connectivity index (χ4v) is 3.79. The van der Waals surface area contributed by atoms with Crippen molar-refractivity contribution in [2.45, 2.75) is 0 Å². The Kier molecular flexibility index (Phi) is 3.26. The summed E-state index contributed by atoms with van der Waals surface area (Å²) < 4.78 is 15.5. The molecular formula is C16H15BN2O7. The second-order valence-electron chi connectivity index (χ2n) is 6.79. The van der Waals surface area contributed by atoms with Crippen molar-refractivity contribution in [1.82, 2.24) is 4.98 Å². The van der Waals surface area contributed by atoms with Crippen LogP contribution in [0.1, 0.15) is 10.4 Å². The highest BCUT2D eigenvalue weighted by atomic mass is 16.7. The Morgan fingerprint density at radius 2 is 1.81 bits per heavy atom. The second-order valence-corrected chi connectivity index (χ2v) is 6.79. The van der Waals surface area contributed by atoms with Crippen molar-refractivity contribution in [3.05, 3.63) is 40.2 Å². The molecular weight excluding hydrogens is 343 g/mol. The van der Waals surface area contributed by atoms with Gasteiger partial charge in [-0.05, 0) is 23.6 Å². The maximum absolute atomic E-state index is 12.5. The number of quaternary nitrogens is 1. The smallest absolute Gasteiger partial charge is 0.595 e. The van der Waals surface area contributed by atoms with Crippen LogP contribution >= 0.6 is 0 Å². The number of esters is 1. The van der Waals surface area contributed by atoms with Crippen molar-refractivity contribution in [3.8, 4) is 0 Å². The number of hydrogen-bond donors (Lipinski definition) is 1. The lowest BCUT2D eigenvalue weighted by atomic mass is 9.64. The number of aromatic nitrogens is 1. The fraction of sp³-hybridized carbons (Fsp3) is 0.250. The van der Waals surface area contributed by atoms with Crippen molar-refractivity contribution in [3.63, 3.8) is 0 Å². The highest BCUT2D eigenvalue weighted by molar-refractivity contribution is 6.78. The summed E-state index contributed by atoms with van der Waals surface area (Å²) in [6, 6.07) is 6.06. The Morgan fingerprint density at radius 3 is 2.42 bits per heavy atom. The van der Waals surface area contributed by atoms with Crippen LogP contribution in [0.25, 0.3) is 10.8 Å². The van der Waals surface area contributed by atoms with Crippen LogP contribution in [0.2, 0.25) is 0 Å². The zero-order valence-electron chi connectivity index (χ0n) is 14.1. The van der Waals surface area contributed by atoms with E-state index in [2.05, 4.69) is 4.98 Å². The number of H-pyrrole nitrogens is 1. The Bertz CT molecular complexity index is 1020. The molecule has 2 aliphatic heterocycles. The van der Waals surface area contributed by atoms with Gasteiger partial charge in [0.2, 0.25) is 0 Å². The number of ether oxygens (including phenoxy) is 1. The Hall–Kier alpha value is -3.14. The number of benzene rings is 1. The summed E-state index contributed by atoms with van der Waals surface area (Å²) in [6.07, 6.45) is 0. The molecule has 0 spiro atoms. The minimum atomic E-state index is -2.56. The third kappa shape index (κ3) is 2.08. The molecule has 2 fully saturated rings. The minimum absolute atomic E-state index is 0.0337. The van der Waals surface area contributed by atoms with E-state index in [-0.39, 0.29) is 28.6 Å². The van der Waals surface area contributed by atoms with Gasteiger partial charge < -0.3 is 23.4 Å². The van der Waals surface area contributed by atoms with Crippen LogP contribution in [0.4, 0.5) is 0 Å². The van der Waals surface area contributed by atoms with E-state index in [9.17, 15) is 19.2 Å². The number of fused-ring (bicyclic) bond motifs is 2. The molecule has 2 aromatic rings. The van der Waals surface area contributed by atoms with E-state index in [1.54, 1.807) is 13.1 Å². The standard InChI is InChI=1S/C16H15BN2O7/c1-19-7-13(20)25-17(19,26-14(21)8-19)12-6-10-5-9(16(23)24-2)3-4-11(10)15(22)18-12/h3-6H,7-8H2,1-2H3,(H,18,22). The first-order valence-corrected chi connectivity index (χ1v) is 7.96. The number of nitrogens with one attached hydrogen (secondary N) is 1. The number of likely N-dealkylation sites (N-methyl/N-ethyl adjacent to an activating group) is 1. The third-order valence-corrected chi connectivity index (χ3v) is 5.06. The van der Waals surface area contributed by atoms with Crippen molar-refractivity contribution in [2.75, 3.05) is 27.2 Å².